The van der Waals surface area contributed by atoms with Gasteiger partial charge < -0.3 is 5.32 Å². The number of carbonyl (C=O) groups excluding carboxylic acids is 1. The Balaban J connectivity index is 2.09. The van der Waals surface area contributed by atoms with Gasteiger partial charge in [0.2, 0.25) is 0 Å². The summed E-state index contributed by atoms with van der Waals surface area (Å²) in [6, 6.07) is 12.7. The van der Waals surface area contributed by atoms with E-state index in [0.29, 0.717) is 24.2 Å². The number of nitrogens with one attached hydrogen (secondary N) is 1. The van der Waals surface area contributed by atoms with Gasteiger partial charge in [0.1, 0.15) is 0 Å². The summed E-state index contributed by atoms with van der Waals surface area (Å²) < 4.78 is 0. The molecule has 0 radical (unpaired) electrons. The lowest BCUT2D eigenvalue weighted by atomic mass is 10.0. The van der Waals surface area contributed by atoms with E-state index in [1.54, 1.807) is 12.1 Å². The first-order chi connectivity index (χ1) is 10.6. The van der Waals surface area contributed by atoms with Crippen molar-refractivity contribution in [2.75, 3.05) is 6.54 Å². The number of rotatable bonds is 6. The first kappa shape index (κ1) is 15.4. The summed E-state index contributed by atoms with van der Waals surface area (Å²) in [5, 5.41) is 13.7. The fraction of sp³-hybridized carbons (Fsp3) is 0.118. The van der Waals surface area contributed by atoms with Gasteiger partial charge in [-0.05, 0) is 17.7 Å². The highest BCUT2D eigenvalue weighted by molar-refractivity contribution is 6.09. The first-order valence-corrected chi connectivity index (χ1v) is 6.64. The molecule has 0 aliphatic heterocycles. The summed E-state index contributed by atoms with van der Waals surface area (Å²) in [4.78, 5) is 22.4. The van der Waals surface area contributed by atoms with Crippen molar-refractivity contribution in [1.82, 2.24) is 5.32 Å². The minimum Gasteiger partial charge on any atom is -0.302 e. The van der Waals surface area contributed by atoms with Crippen LogP contribution in [0, 0.1) is 22.5 Å². The lowest BCUT2D eigenvalue weighted by molar-refractivity contribution is -0.384. The summed E-state index contributed by atoms with van der Waals surface area (Å²) in [6.07, 6.45) is 5.15. The number of nitro groups is 1. The molecule has 0 saturated heterocycles. The Morgan fingerprint density at radius 1 is 1.09 bits per heavy atom. The van der Waals surface area contributed by atoms with E-state index in [4.69, 9.17) is 6.42 Å². The molecule has 5 nitrogen and oxygen atoms in total. The lowest BCUT2D eigenvalue weighted by Gasteiger charge is -2.04. The van der Waals surface area contributed by atoms with Crippen LogP contribution in [0.1, 0.15) is 21.5 Å². The van der Waals surface area contributed by atoms with Gasteiger partial charge in [0.15, 0.2) is 5.78 Å². The Bertz CT molecular complexity index is 713. The third-order valence-corrected chi connectivity index (χ3v) is 3.11. The van der Waals surface area contributed by atoms with Crippen molar-refractivity contribution < 1.29 is 9.72 Å². The van der Waals surface area contributed by atoms with E-state index in [1.165, 1.54) is 24.3 Å². The molecule has 0 saturated carbocycles. The number of terminal acetylenes is 1. The maximum absolute atomic E-state index is 12.3. The molecule has 0 amide bonds. The van der Waals surface area contributed by atoms with Crippen molar-refractivity contribution >= 4 is 11.5 Å². The van der Waals surface area contributed by atoms with Crippen LogP contribution in [0.5, 0.6) is 0 Å². The molecule has 0 unspecified atom stereocenters. The second-order valence-corrected chi connectivity index (χ2v) is 4.64. The summed E-state index contributed by atoms with van der Waals surface area (Å²) >= 11 is 0. The van der Waals surface area contributed by atoms with Gasteiger partial charge in [-0.1, -0.05) is 30.2 Å². The van der Waals surface area contributed by atoms with Gasteiger partial charge in [0, 0.05) is 29.8 Å². The topological polar surface area (TPSA) is 72.2 Å². The number of ketones is 1. The molecule has 2 aromatic rings. The van der Waals surface area contributed by atoms with Crippen LogP contribution in [0.4, 0.5) is 5.69 Å². The first-order valence-electron chi connectivity index (χ1n) is 6.64. The van der Waals surface area contributed by atoms with Crippen LogP contribution in [0.2, 0.25) is 0 Å². The molecule has 0 spiro atoms. The Kier molecular flexibility index (Phi) is 5.02. The van der Waals surface area contributed by atoms with Crippen LogP contribution in [0.25, 0.3) is 0 Å². The van der Waals surface area contributed by atoms with Gasteiger partial charge >= 0.3 is 0 Å². The molecule has 0 aliphatic carbocycles. The van der Waals surface area contributed by atoms with Gasteiger partial charge in [0.25, 0.3) is 5.69 Å². The maximum atomic E-state index is 12.3. The molecule has 0 aromatic heterocycles. The van der Waals surface area contributed by atoms with Gasteiger partial charge in [-0.3, -0.25) is 14.9 Å². The molecule has 1 N–H and O–H groups in total. The average molecular weight is 294 g/mol. The highest BCUT2D eigenvalue weighted by Gasteiger charge is 2.11. The van der Waals surface area contributed by atoms with Crippen LogP contribution in [-0.2, 0) is 6.54 Å². The van der Waals surface area contributed by atoms with Gasteiger partial charge in [-0.15, -0.1) is 6.42 Å². The van der Waals surface area contributed by atoms with Crippen molar-refractivity contribution in [1.29, 1.82) is 0 Å². The fourth-order valence-corrected chi connectivity index (χ4v) is 1.95. The van der Waals surface area contributed by atoms with Gasteiger partial charge in [0.05, 0.1) is 11.5 Å². The molecule has 2 rings (SSSR count). The lowest BCUT2D eigenvalue weighted by Crippen LogP contribution is -2.13. The number of carbonyl (C=O) groups is 1. The van der Waals surface area contributed by atoms with E-state index in [1.807, 2.05) is 12.1 Å². The SMILES string of the molecule is C#CCNCc1ccc(C(=O)c2ccc([N+](=O)[O-])cc2)cc1. The molecule has 0 bridgehead atoms. The number of nitro benzene ring substituents is 1. The molecule has 110 valence electrons. The van der Waals surface area contributed by atoms with Crippen molar-refractivity contribution in [3.05, 3.63) is 75.3 Å². The Morgan fingerprint density at radius 3 is 2.14 bits per heavy atom. The standard InChI is InChI=1S/C17H14N2O3/c1-2-11-18-12-13-3-5-14(6-4-13)17(20)15-7-9-16(10-8-15)19(21)22/h1,3-10,18H,11-12H2. The summed E-state index contributed by atoms with van der Waals surface area (Å²) in [6.45, 7) is 1.12. The van der Waals surface area contributed by atoms with Gasteiger partial charge in [-0.2, -0.15) is 0 Å². The zero-order valence-corrected chi connectivity index (χ0v) is 11.8. The minimum absolute atomic E-state index is 0.0357. The predicted octanol–water partition coefficient (Wildman–Crippen LogP) is 2.55. The fourth-order valence-electron chi connectivity index (χ4n) is 1.95. The van der Waals surface area contributed by atoms with E-state index < -0.39 is 4.92 Å². The molecule has 22 heavy (non-hydrogen) atoms. The molecular weight excluding hydrogens is 280 g/mol. The van der Waals surface area contributed by atoms with E-state index in [0.717, 1.165) is 5.56 Å². The highest BCUT2D eigenvalue weighted by Crippen LogP contribution is 2.15. The monoisotopic (exact) mass is 294 g/mol. The quantitative estimate of drug-likeness (QED) is 0.292. The van der Waals surface area contributed by atoms with E-state index in [2.05, 4.69) is 11.2 Å². The Morgan fingerprint density at radius 2 is 1.64 bits per heavy atom. The van der Waals surface area contributed by atoms with Crippen LogP contribution in [0.15, 0.2) is 48.5 Å². The molecular formula is C17H14N2O3. The van der Waals surface area contributed by atoms with Crippen molar-refractivity contribution in [2.24, 2.45) is 0 Å². The number of hydrogen-bond acceptors (Lipinski definition) is 4. The zero-order chi connectivity index (χ0) is 15.9. The molecule has 5 heteroatoms. The molecule has 0 heterocycles. The average Bonchev–Trinajstić information content (AvgIpc) is 2.55. The number of non-ortho nitro benzene ring substituents is 1. The summed E-state index contributed by atoms with van der Waals surface area (Å²) in [5.74, 6) is 2.32. The molecule has 0 aliphatic rings. The highest BCUT2D eigenvalue weighted by atomic mass is 16.6. The van der Waals surface area contributed by atoms with Crippen molar-refractivity contribution in [2.45, 2.75) is 6.54 Å². The Hall–Kier alpha value is -2.97. The summed E-state index contributed by atoms with van der Waals surface area (Å²) in [5.41, 5.74) is 1.94. The number of hydrogen-bond donors (Lipinski definition) is 1. The van der Waals surface area contributed by atoms with Crippen LogP contribution >= 0.6 is 0 Å². The second kappa shape index (κ2) is 7.16. The second-order valence-electron chi connectivity index (χ2n) is 4.64. The third-order valence-electron chi connectivity index (χ3n) is 3.11. The van der Waals surface area contributed by atoms with Crippen molar-refractivity contribution in [3.8, 4) is 12.3 Å². The van der Waals surface area contributed by atoms with Crippen LogP contribution in [0.3, 0.4) is 0 Å². The number of nitrogens with zero attached hydrogens (tertiary/aromatic N) is 1. The molecule has 0 fully saturated rings. The third kappa shape index (κ3) is 3.78. The van der Waals surface area contributed by atoms with E-state index in [9.17, 15) is 14.9 Å². The van der Waals surface area contributed by atoms with Crippen LogP contribution in [-0.4, -0.2) is 17.3 Å². The zero-order valence-electron chi connectivity index (χ0n) is 11.8. The predicted molar refractivity (Wildman–Crippen MR) is 83.5 cm³/mol. The normalized spacial score (nSPS) is 9.95. The maximum Gasteiger partial charge on any atom is 0.269 e. The smallest absolute Gasteiger partial charge is 0.269 e. The van der Waals surface area contributed by atoms with Crippen molar-refractivity contribution in [3.63, 3.8) is 0 Å². The summed E-state index contributed by atoms with van der Waals surface area (Å²) in [7, 11) is 0. The number of benzene rings is 2. The van der Waals surface area contributed by atoms with Crippen LogP contribution < -0.4 is 5.32 Å². The largest absolute Gasteiger partial charge is 0.302 e. The molecule has 2 aromatic carbocycles. The minimum atomic E-state index is -0.494. The van der Waals surface area contributed by atoms with E-state index in [-0.39, 0.29) is 11.5 Å². The molecule has 0 atom stereocenters. The Labute approximate surface area is 128 Å². The van der Waals surface area contributed by atoms with Gasteiger partial charge in [-0.25, -0.2) is 0 Å². The van der Waals surface area contributed by atoms with E-state index >= 15 is 0 Å².